The van der Waals surface area contributed by atoms with Gasteiger partial charge in [0.1, 0.15) is 6.04 Å². The molecule has 0 bridgehead atoms. The molecule has 1 aliphatic carbocycles. The van der Waals surface area contributed by atoms with Gasteiger partial charge in [-0.05, 0) is 18.3 Å². The second-order valence-electron chi connectivity index (χ2n) is 3.85. The molecule has 0 aromatic carbocycles. The van der Waals surface area contributed by atoms with Crippen molar-refractivity contribution in [3.8, 4) is 0 Å². The van der Waals surface area contributed by atoms with Gasteiger partial charge in [-0.15, -0.1) is 0 Å². The highest BCUT2D eigenvalue weighted by Gasteiger charge is 2.26. The highest BCUT2D eigenvalue weighted by molar-refractivity contribution is 5.73. The second kappa shape index (κ2) is 3.90. The largest absolute Gasteiger partial charge is 0.480 e. The minimum Gasteiger partial charge on any atom is -0.480 e. The van der Waals surface area contributed by atoms with Crippen molar-refractivity contribution in [3.63, 3.8) is 0 Å². The maximum Gasteiger partial charge on any atom is 0.320 e. The van der Waals surface area contributed by atoms with E-state index in [0.29, 0.717) is 12.3 Å². The van der Waals surface area contributed by atoms with E-state index in [1.54, 1.807) is 0 Å². The Kier molecular flexibility index (Phi) is 3.09. The van der Waals surface area contributed by atoms with Crippen LogP contribution >= 0.6 is 0 Å². The summed E-state index contributed by atoms with van der Waals surface area (Å²) in [6.07, 6.45) is 4.44. The molecule has 0 heterocycles. The predicted octanol–water partition coefficient (Wildman–Crippen LogP) is 1.22. The standard InChI is InChI=1S/C9H17NO2/c1-6(7-3-2-4-7)5-8(10)9(11)12/h6-8H,2-5,10H2,1H3,(H,11,12)/t6?,8-/m1/s1. The van der Waals surface area contributed by atoms with Gasteiger partial charge in [0, 0.05) is 0 Å². The van der Waals surface area contributed by atoms with Crippen LogP contribution in [0.4, 0.5) is 0 Å². The average Bonchev–Trinajstić information content (AvgIpc) is 1.82. The van der Waals surface area contributed by atoms with Gasteiger partial charge in [-0.2, -0.15) is 0 Å². The zero-order valence-electron chi connectivity index (χ0n) is 7.49. The lowest BCUT2D eigenvalue weighted by Crippen LogP contribution is -2.34. The number of carbonyl (C=O) groups is 1. The van der Waals surface area contributed by atoms with Crippen LogP contribution in [0.3, 0.4) is 0 Å². The Balaban J connectivity index is 2.24. The van der Waals surface area contributed by atoms with Crippen molar-refractivity contribution in [1.29, 1.82) is 0 Å². The maximum atomic E-state index is 10.4. The van der Waals surface area contributed by atoms with Gasteiger partial charge in [0.05, 0.1) is 0 Å². The third kappa shape index (κ3) is 2.21. The summed E-state index contributed by atoms with van der Waals surface area (Å²) in [6.45, 7) is 2.10. The van der Waals surface area contributed by atoms with Crippen molar-refractivity contribution < 1.29 is 9.90 Å². The zero-order chi connectivity index (χ0) is 9.14. The summed E-state index contributed by atoms with van der Waals surface area (Å²) in [5.74, 6) is 0.335. The lowest BCUT2D eigenvalue weighted by molar-refractivity contribution is -0.139. The van der Waals surface area contributed by atoms with Gasteiger partial charge < -0.3 is 10.8 Å². The number of hydrogen-bond acceptors (Lipinski definition) is 2. The fourth-order valence-corrected chi connectivity index (χ4v) is 1.70. The van der Waals surface area contributed by atoms with Crippen LogP contribution in [0, 0.1) is 11.8 Å². The lowest BCUT2D eigenvalue weighted by Gasteiger charge is -2.32. The molecule has 0 radical (unpaired) electrons. The van der Waals surface area contributed by atoms with Crippen LogP contribution in [0.25, 0.3) is 0 Å². The molecule has 70 valence electrons. The van der Waals surface area contributed by atoms with Gasteiger partial charge in [-0.3, -0.25) is 4.79 Å². The van der Waals surface area contributed by atoms with E-state index in [2.05, 4.69) is 6.92 Å². The fourth-order valence-electron chi connectivity index (χ4n) is 1.70. The van der Waals surface area contributed by atoms with E-state index >= 15 is 0 Å². The number of carboxylic acid groups (broad SMARTS) is 1. The molecule has 1 aliphatic rings. The first kappa shape index (κ1) is 9.52. The van der Waals surface area contributed by atoms with E-state index in [9.17, 15) is 4.79 Å². The first-order valence-corrected chi connectivity index (χ1v) is 4.59. The van der Waals surface area contributed by atoms with Crippen molar-refractivity contribution in [3.05, 3.63) is 0 Å². The molecule has 0 saturated heterocycles. The zero-order valence-corrected chi connectivity index (χ0v) is 7.49. The molecule has 12 heavy (non-hydrogen) atoms. The van der Waals surface area contributed by atoms with Crippen LogP contribution in [0.15, 0.2) is 0 Å². The Hall–Kier alpha value is -0.570. The monoisotopic (exact) mass is 171 g/mol. The summed E-state index contributed by atoms with van der Waals surface area (Å²) in [7, 11) is 0. The van der Waals surface area contributed by atoms with E-state index in [4.69, 9.17) is 10.8 Å². The third-order valence-electron chi connectivity index (χ3n) is 2.90. The minimum absolute atomic E-state index is 0.477. The normalized spacial score (nSPS) is 22.8. The van der Waals surface area contributed by atoms with Gasteiger partial charge in [-0.25, -0.2) is 0 Å². The first-order chi connectivity index (χ1) is 5.61. The number of carboxylic acids is 1. The fraction of sp³-hybridized carbons (Fsp3) is 0.889. The summed E-state index contributed by atoms with van der Waals surface area (Å²) in [6, 6.07) is -0.666. The number of hydrogen-bond donors (Lipinski definition) is 2. The van der Waals surface area contributed by atoms with Gasteiger partial charge >= 0.3 is 5.97 Å². The smallest absolute Gasteiger partial charge is 0.320 e. The van der Waals surface area contributed by atoms with E-state index < -0.39 is 12.0 Å². The molecular formula is C9H17NO2. The number of aliphatic carboxylic acids is 1. The van der Waals surface area contributed by atoms with Gasteiger partial charge in [0.25, 0.3) is 0 Å². The molecule has 1 saturated carbocycles. The van der Waals surface area contributed by atoms with E-state index in [0.717, 1.165) is 5.92 Å². The Morgan fingerprint density at radius 2 is 2.25 bits per heavy atom. The summed E-state index contributed by atoms with van der Waals surface area (Å²) >= 11 is 0. The van der Waals surface area contributed by atoms with E-state index in [1.165, 1.54) is 19.3 Å². The molecule has 0 aromatic rings. The van der Waals surface area contributed by atoms with E-state index in [1.807, 2.05) is 0 Å². The highest BCUT2D eigenvalue weighted by atomic mass is 16.4. The minimum atomic E-state index is -0.874. The molecule has 1 fully saturated rings. The van der Waals surface area contributed by atoms with Crippen LogP contribution in [0.1, 0.15) is 32.6 Å². The molecule has 0 aromatic heterocycles. The van der Waals surface area contributed by atoms with Crippen molar-refractivity contribution in [1.82, 2.24) is 0 Å². The van der Waals surface area contributed by atoms with E-state index in [-0.39, 0.29) is 0 Å². The molecule has 0 spiro atoms. The van der Waals surface area contributed by atoms with Crippen LogP contribution in [0.5, 0.6) is 0 Å². The van der Waals surface area contributed by atoms with Crippen LogP contribution in [-0.4, -0.2) is 17.1 Å². The first-order valence-electron chi connectivity index (χ1n) is 4.59. The summed E-state index contributed by atoms with van der Waals surface area (Å²) < 4.78 is 0. The Morgan fingerprint density at radius 1 is 1.67 bits per heavy atom. The number of rotatable bonds is 4. The summed E-state index contributed by atoms with van der Waals surface area (Å²) in [5, 5.41) is 8.58. The third-order valence-corrected chi connectivity index (χ3v) is 2.90. The van der Waals surface area contributed by atoms with Crippen LogP contribution in [0.2, 0.25) is 0 Å². The second-order valence-corrected chi connectivity index (χ2v) is 3.85. The predicted molar refractivity (Wildman–Crippen MR) is 46.7 cm³/mol. The quantitative estimate of drug-likeness (QED) is 0.668. The molecule has 1 rings (SSSR count). The van der Waals surface area contributed by atoms with Crippen molar-refractivity contribution in [2.24, 2.45) is 17.6 Å². The Labute approximate surface area is 72.9 Å². The average molecular weight is 171 g/mol. The lowest BCUT2D eigenvalue weighted by atomic mass is 9.74. The topological polar surface area (TPSA) is 63.3 Å². The number of nitrogens with two attached hydrogens (primary N) is 1. The SMILES string of the molecule is CC(C[C@@H](N)C(=O)O)C1CCC1. The molecule has 0 aliphatic heterocycles. The molecule has 3 heteroatoms. The van der Waals surface area contributed by atoms with Crippen LogP contribution in [-0.2, 0) is 4.79 Å². The highest BCUT2D eigenvalue weighted by Crippen LogP contribution is 2.35. The molecule has 3 nitrogen and oxygen atoms in total. The van der Waals surface area contributed by atoms with Crippen molar-refractivity contribution in [2.45, 2.75) is 38.6 Å². The molecular weight excluding hydrogens is 154 g/mol. The van der Waals surface area contributed by atoms with Gasteiger partial charge in [0.2, 0.25) is 0 Å². The summed E-state index contributed by atoms with van der Waals surface area (Å²) in [5.41, 5.74) is 5.43. The van der Waals surface area contributed by atoms with Gasteiger partial charge in [0.15, 0.2) is 0 Å². The van der Waals surface area contributed by atoms with Crippen LogP contribution < -0.4 is 5.73 Å². The van der Waals surface area contributed by atoms with Crippen molar-refractivity contribution in [2.75, 3.05) is 0 Å². The molecule has 1 unspecified atom stereocenters. The molecule has 3 N–H and O–H groups in total. The van der Waals surface area contributed by atoms with Gasteiger partial charge in [-0.1, -0.05) is 26.2 Å². The van der Waals surface area contributed by atoms with Crippen molar-refractivity contribution >= 4 is 5.97 Å². The molecule has 2 atom stereocenters. The maximum absolute atomic E-state index is 10.4. The Bertz CT molecular complexity index is 166. The summed E-state index contributed by atoms with van der Waals surface area (Å²) in [4.78, 5) is 10.4. The Morgan fingerprint density at radius 3 is 2.58 bits per heavy atom. The molecule has 0 amide bonds.